The molecule has 2 N–H and O–H groups in total. The molecule has 1 atom stereocenters. The summed E-state index contributed by atoms with van der Waals surface area (Å²) in [5, 5.41) is 5.84. The Kier molecular flexibility index (Phi) is 7.81. The van der Waals surface area contributed by atoms with Crippen molar-refractivity contribution >= 4 is 46.6 Å². The molecule has 0 bridgehead atoms. The molecule has 2 amide bonds. The van der Waals surface area contributed by atoms with Gasteiger partial charge in [-0.3, -0.25) is 9.59 Å². The third kappa shape index (κ3) is 6.28. The van der Waals surface area contributed by atoms with Crippen LogP contribution in [0.25, 0.3) is 0 Å². The Labute approximate surface area is 162 Å². The molecule has 26 heavy (non-hydrogen) atoms. The van der Waals surface area contributed by atoms with Gasteiger partial charge >= 0.3 is 0 Å². The van der Waals surface area contributed by atoms with Crippen LogP contribution in [0.4, 0.5) is 11.4 Å². The van der Waals surface area contributed by atoms with E-state index in [2.05, 4.69) is 10.6 Å². The highest BCUT2D eigenvalue weighted by atomic mass is 35.5. The summed E-state index contributed by atoms with van der Waals surface area (Å²) >= 11 is 7.08. The second-order valence-electron chi connectivity index (χ2n) is 5.43. The molecule has 0 heterocycles. The van der Waals surface area contributed by atoms with Gasteiger partial charge in [0.2, 0.25) is 11.8 Å². The van der Waals surface area contributed by atoms with E-state index in [-0.39, 0.29) is 22.8 Å². The summed E-state index contributed by atoms with van der Waals surface area (Å²) < 4.78 is 5.48. The number of ether oxygens (including phenoxy) is 1. The van der Waals surface area contributed by atoms with Crippen molar-refractivity contribution in [3.05, 3.63) is 53.6 Å². The predicted molar refractivity (Wildman–Crippen MR) is 108 cm³/mol. The van der Waals surface area contributed by atoms with Crippen molar-refractivity contribution in [2.24, 2.45) is 0 Å². The molecule has 7 heteroatoms. The number of benzene rings is 2. The average Bonchev–Trinajstić information content (AvgIpc) is 2.63. The van der Waals surface area contributed by atoms with Crippen LogP contribution in [-0.4, -0.2) is 29.4 Å². The first-order valence-corrected chi connectivity index (χ1v) is 9.62. The zero-order chi connectivity index (χ0) is 18.9. The summed E-state index contributed by atoms with van der Waals surface area (Å²) in [6.07, 6.45) is 0. The van der Waals surface area contributed by atoms with Gasteiger partial charge in [-0.25, -0.2) is 0 Å². The summed E-state index contributed by atoms with van der Waals surface area (Å²) in [7, 11) is 0. The molecule has 0 radical (unpaired) electrons. The Bertz CT molecular complexity index is 753. The van der Waals surface area contributed by atoms with Crippen LogP contribution in [0, 0.1) is 0 Å². The molecule has 0 spiro atoms. The van der Waals surface area contributed by atoms with Crippen molar-refractivity contribution < 1.29 is 14.3 Å². The summed E-state index contributed by atoms with van der Waals surface area (Å²) in [5.41, 5.74) is 1.29. The molecule has 0 aromatic heterocycles. The van der Waals surface area contributed by atoms with Gasteiger partial charge in [-0.15, -0.1) is 11.8 Å². The molecule has 138 valence electrons. The summed E-state index contributed by atoms with van der Waals surface area (Å²) in [6.45, 7) is 4.16. The largest absolute Gasteiger partial charge is 0.492 e. The SMILES string of the molecule is CCOc1ccccc1NC(=O)CS[C@H](C)C(=O)Nc1ccc(Cl)cc1. The quantitative estimate of drug-likeness (QED) is 0.697. The van der Waals surface area contributed by atoms with Gasteiger partial charge in [-0.2, -0.15) is 0 Å². The van der Waals surface area contributed by atoms with Gasteiger partial charge in [0.15, 0.2) is 0 Å². The second kappa shape index (κ2) is 10.1. The molecule has 5 nitrogen and oxygen atoms in total. The summed E-state index contributed by atoms with van der Waals surface area (Å²) in [6, 6.07) is 14.1. The van der Waals surface area contributed by atoms with Gasteiger partial charge < -0.3 is 15.4 Å². The van der Waals surface area contributed by atoms with Gasteiger partial charge in [0.05, 0.1) is 23.3 Å². The minimum Gasteiger partial charge on any atom is -0.492 e. The maximum Gasteiger partial charge on any atom is 0.237 e. The van der Waals surface area contributed by atoms with Crippen molar-refractivity contribution in [1.29, 1.82) is 0 Å². The van der Waals surface area contributed by atoms with Crippen LogP contribution >= 0.6 is 23.4 Å². The Morgan fingerprint density at radius 2 is 1.81 bits per heavy atom. The predicted octanol–water partition coefficient (Wildman–Crippen LogP) is 4.44. The number of thioether (sulfide) groups is 1. The molecule has 0 aliphatic rings. The minimum atomic E-state index is -0.376. The Balaban J connectivity index is 1.82. The van der Waals surface area contributed by atoms with E-state index in [9.17, 15) is 9.59 Å². The number of para-hydroxylation sites is 2. The number of carbonyl (C=O) groups is 2. The average molecular weight is 393 g/mol. The van der Waals surface area contributed by atoms with E-state index in [0.717, 1.165) is 0 Å². The molecule has 0 aliphatic carbocycles. The monoisotopic (exact) mass is 392 g/mol. The summed E-state index contributed by atoms with van der Waals surface area (Å²) in [4.78, 5) is 24.3. The molecular formula is C19H21ClN2O3S. The molecule has 0 saturated heterocycles. The number of anilines is 2. The fourth-order valence-electron chi connectivity index (χ4n) is 2.09. The molecule has 0 aliphatic heterocycles. The van der Waals surface area contributed by atoms with Crippen LogP contribution in [0.3, 0.4) is 0 Å². The molecule has 0 unspecified atom stereocenters. The van der Waals surface area contributed by atoms with Crippen LogP contribution in [0.2, 0.25) is 5.02 Å². The maximum absolute atomic E-state index is 12.2. The highest BCUT2D eigenvalue weighted by Gasteiger charge is 2.16. The molecule has 2 rings (SSSR count). The van der Waals surface area contributed by atoms with Gasteiger partial charge in [-0.05, 0) is 50.2 Å². The zero-order valence-corrected chi connectivity index (χ0v) is 16.2. The van der Waals surface area contributed by atoms with Crippen molar-refractivity contribution in [3.8, 4) is 5.75 Å². The second-order valence-corrected chi connectivity index (χ2v) is 7.19. The molecular weight excluding hydrogens is 372 g/mol. The lowest BCUT2D eigenvalue weighted by atomic mass is 10.3. The van der Waals surface area contributed by atoms with E-state index in [1.165, 1.54) is 11.8 Å². The van der Waals surface area contributed by atoms with Crippen LogP contribution in [0.1, 0.15) is 13.8 Å². The fourth-order valence-corrected chi connectivity index (χ4v) is 2.90. The molecule has 2 aromatic carbocycles. The van der Waals surface area contributed by atoms with Crippen LogP contribution in [-0.2, 0) is 9.59 Å². The van der Waals surface area contributed by atoms with Crippen LogP contribution in [0.5, 0.6) is 5.75 Å². The van der Waals surface area contributed by atoms with E-state index < -0.39 is 0 Å². The molecule has 0 saturated carbocycles. The van der Waals surface area contributed by atoms with Gasteiger partial charge in [0.25, 0.3) is 0 Å². The third-order valence-electron chi connectivity index (χ3n) is 3.41. The lowest BCUT2D eigenvalue weighted by Gasteiger charge is -2.13. The van der Waals surface area contributed by atoms with E-state index in [1.807, 2.05) is 19.1 Å². The Hall–Kier alpha value is -2.18. The number of hydrogen-bond donors (Lipinski definition) is 2. The van der Waals surface area contributed by atoms with Crippen molar-refractivity contribution in [1.82, 2.24) is 0 Å². The Morgan fingerprint density at radius 1 is 1.12 bits per heavy atom. The van der Waals surface area contributed by atoms with Crippen molar-refractivity contribution in [2.45, 2.75) is 19.1 Å². The van der Waals surface area contributed by atoms with Gasteiger partial charge in [0.1, 0.15) is 5.75 Å². The topological polar surface area (TPSA) is 67.4 Å². The van der Waals surface area contributed by atoms with Gasteiger partial charge in [0, 0.05) is 10.7 Å². The fraction of sp³-hybridized carbons (Fsp3) is 0.263. The van der Waals surface area contributed by atoms with Crippen LogP contribution in [0.15, 0.2) is 48.5 Å². The number of nitrogens with one attached hydrogen (secondary N) is 2. The normalized spacial score (nSPS) is 11.5. The minimum absolute atomic E-state index is 0.162. The number of hydrogen-bond acceptors (Lipinski definition) is 4. The molecule has 2 aromatic rings. The Morgan fingerprint density at radius 3 is 2.50 bits per heavy atom. The lowest BCUT2D eigenvalue weighted by molar-refractivity contribution is -0.115. The lowest BCUT2D eigenvalue weighted by Crippen LogP contribution is -2.25. The zero-order valence-electron chi connectivity index (χ0n) is 14.6. The van der Waals surface area contributed by atoms with E-state index in [4.69, 9.17) is 16.3 Å². The number of amides is 2. The van der Waals surface area contributed by atoms with E-state index >= 15 is 0 Å². The van der Waals surface area contributed by atoms with Gasteiger partial charge in [-0.1, -0.05) is 23.7 Å². The third-order valence-corrected chi connectivity index (χ3v) is 4.80. The first kappa shape index (κ1) is 20.1. The highest BCUT2D eigenvalue weighted by molar-refractivity contribution is 8.01. The number of rotatable bonds is 8. The van der Waals surface area contributed by atoms with Crippen LogP contribution < -0.4 is 15.4 Å². The van der Waals surface area contributed by atoms with Crippen molar-refractivity contribution in [3.63, 3.8) is 0 Å². The van der Waals surface area contributed by atoms with Crippen molar-refractivity contribution in [2.75, 3.05) is 23.0 Å². The standard InChI is InChI=1S/C19H21ClN2O3S/c1-3-25-17-7-5-4-6-16(17)22-18(23)12-26-13(2)19(24)21-15-10-8-14(20)9-11-15/h4-11,13H,3,12H2,1-2H3,(H,21,24)(H,22,23)/t13-/m1/s1. The number of halogens is 1. The summed E-state index contributed by atoms with van der Waals surface area (Å²) in [5.74, 6) is 0.436. The molecule has 0 fully saturated rings. The highest BCUT2D eigenvalue weighted by Crippen LogP contribution is 2.24. The number of carbonyl (C=O) groups excluding carboxylic acids is 2. The smallest absolute Gasteiger partial charge is 0.237 e. The van der Waals surface area contributed by atoms with E-state index in [0.29, 0.717) is 28.8 Å². The maximum atomic E-state index is 12.2. The first-order valence-electron chi connectivity index (χ1n) is 8.19. The van der Waals surface area contributed by atoms with E-state index in [1.54, 1.807) is 43.3 Å². The first-order chi connectivity index (χ1) is 12.5.